The standard InChI is InChI=1S/C22H25N3O3S/c1-14(24-15-8-9-18-19(12-15)28-11-5-10-27-18)21(26)25-22-17(13-23)16-6-3-2-4-7-20(16)29-22/h8-9,12,14,24H,2-7,10-11H2,1H3,(H,25,26)/t14-/m0/s1. The van der Waals surface area contributed by atoms with Crippen molar-refractivity contribution in [3.8, 4) is 17.6 Å². The van der Waals surface area contributed by atoms with Crippen LogP contribution in [0.25, 0.3) is 0 Å². The number of ether oxygens (including phenoxy) is 2. The third kappa shape index (κ3) is 4.33. The summed E-state index contributed by atoms with van der Waals surface area (Å²) in [6.07, 6.45) is 6.22. The predicted octanol–water partition coefficient (Wildman–Crippen LogP) is 4.49. The summed E-state index contributed by atoms with van der Waals surface area (Å²) in [5, 5.41) is 16.5. The predicted molar refractivity (Wildman–Crippen MR) is 114 cm³/mol. The Morgan fingerprint density at radius 3 is 2.76 bits per heavy atom. The molecule has 1 aliphatic carbocycles. The van der Waals surface area contributed by atoms with Crippen LogP contribution < -0.4 is 20.1 Å². The second-order valence-electron chi connectivity index (χ2n) is 7.45. The van der Waals surface area contributed by atoms with Crippen molar-refractivity contribution in [2.45, 2.75) is 51.5 Å². The third-order valence-electron chi connectivity index (χ3n) is 5.29. The van der Waals surface area contributed by atoms with Crippen molar-refractivity contribution in [1.29, 1.82) is 5.26 Å². The van der Waals surface area contributed by atoms with Gasteiger partial charge >= 0.3 is 0 Å². The molecule has 0 radical (unpaired) electrons. The Labute approximate surface area is 174 Å². The van der Waals surface area contributed by atoms with Crippen molar-refractivity contribution in [1.82, 2.24) is 0 Å². The van der Waals surface area contributed by atoms with Crippen molar-refractivity contribution >= 4 is 27.9 Å². The topological polar surface area (TPSA) is 83.4 Å². The zero-order chi connectivity index (χ0) is 20.2. The van der Waals surface area contributed by atoms with Crippen molar-refractivity contribution in [3.05, 3.63) is 34.2 Å². The Hall–Kier alpha value is -2.72. The number of rotatable bonds is 4. The van der Waals surface area contributed by atoms with Crippen molar-refractivity contribution in [2.75, 3.05) is 23.8 Å². The fourth-order valence-electron chi connectivity index (χ4n) is 3.74. The lowest BCUT2D eigenvalue weighted by Gasteiger charge is -2.16. The van der Waals surface area contributed by atoms with E-state index in [2.05, 4.69) is 16.7 Å². The highest BCUT2D eigenvalue weighted by Gasteiger charge is 2.23. The molecular formula is C22H25N3O3S. The van der Waals surface area contributed by atoms with E-state index in [1.807, 2.05) is 25.1 Å². The van der Waals surface area contributed by atoms with Gasteiger partial charge in [-0.05, 0) is 50.3 Å². The molecule has 2 aliphatic rings. The number of amides is 1. The number of hydrogen-bond acceptors (Lipinski definition) is 6. The number of hydrogen-bond donors (Lipinski definition) is 2. The zero-order valence-corrected chi connectivity index (χ0v) is 17.4. The summed E-state index contributed by atoms with van der Waals surface area (Å²) in [7, 11) is 0. The van der Waals surface area contributed by atoms with E-state index >= 15 is 0 Å². The van der Waals surface area contributed by atoms with Gasteiger partial charge in [-0.15, -0.1) is 11.3 Å². The Balaban J connectivity index is 1.45. The molecule has 1 atom stereocenters. The molecule has 2 N–H and O–H groups in total. The quantitative estimate of drug-likeness (QED) is 0.725. The smallest absolute Gasteiger partial charge is 0.247 e. The van der Waals surface area contributed by atoms with Crippen LogP contribution in [0.15, 0.2) is 18.2 Å². The minimum absolute atomic E-state index is 0.162. The molecular weight excluding hydrogens is 386 g/mol. The minimum atomic E-state index is -0.465. The largest absolute Gasteiger partial charge is 0.490 e. The van der Waals surface area contributed by atoms with Crippen LogP contribution in [0.4, 0.5) is 10.7 Å². The molecule has 4 rings (SSSR count). The number of carbonyl (C=O) groups excluding carboxylic acids is 1. The number of anilines is 2. The van der Waals surface area contributed by atoms with Gasteiger partial charge in [-0.1, -0.05) is 6.42 Å². The normalized spacial score (nSPS) is 16.6. The van der Waals surface area contributed by atoms with E-state index < -0.39 is 6.04 Å². The van der Waals surface area contributed by atoms with Crippen molar-refractivity contribution in [3.63, 3.8) is 0 Å². The highest BCUT2D eigenvalue weighted by Crippen LogP contribution is 2.37. The second-order valence-corrected chi connectivity index (χ2v) is 8.55. The molecule has 0 saturated carbocycles. The molecule has 2 aromatic rings. The summed E-state index contributed by atoms with van der Waals surface area (Å²) in [6.45, 7) is 3.07. The molecule has 1 aromatic carbocycles. The molecule has 2 heterocycles. The van der Waals surface area contributed by atoms with E-state index in [9.17, 15) is 10.1 Å². The first kappa shape index (κ1) is 19.6. The van der Waals surface area contributed by atoms with Gasteiger partial charge in [0, 0.05) is 23.1 Å². The first-order valence-corrected chi connectivity index (χ1v) is 11.0. The van der Waals surface area contributed by atoms with Gasteiger partial charge in [0.2, 0.25) is 5.91 Å². The molecule has 0 spiro atoms. The fourth-order valence-corrected chi connectivity index (χ4v) is 4.98. The van der Waals surface area contributed by atoms with E-state index in [4.69, 9.17) is 9.47 Å². The number of thiophene rings is 1. The Bertz CT molecular complexity index is 948. The average molecular weight is 412 g/mol. The summed E-state index contributed by atoms with van der Waals surface area (Å²) in [5.74, 6) is 1.25. The monoisotopic (exact) mass is 411 g/mol. The maximum absolute atomic E-state index is 12.8. The molecule has 1 aromatic heterocycles. The number of fused-ring (bicyclic) bond motifs is 2. The average Bonchev–Trinajstić information content (AvgIpc) is 2.91. The van der Waals surface area contributed by atoms with Crippen molar-refractivity contribution in [2.24, 2.45) is 0 Å². The molecule has 29 heavy (non-hydrogen) atoms. The maximum atomic E-state index is 12.8. The Morgan fingerprint density at radius 2 is 1.93 bits per heavy atom. The Morgan fingerprint density at radius 1 is 1.14 bits per heavy atom. The number of nitrogens with one attached hydrogen (secondary N) is 2. The van der Waals surface area contributed by atoms with Crippen LogP contribution in [0.5, 0.6) is 11.5 Å². The Kier molecular flexibility index (Phi) is 5.91. The minimum Gasteiger partial charge on any atom is -0.490 e. The van der Waals surface area contributed by atoms with Gasteiger partial charge in [0.05, 0.1) is 18.8 Å². The van der Waals surface area contributed by atoms with Crippen LogP contribution in [0, 0.1) is 11.3 Å². The summed E-state index contributed by atoms with van der Waals surface area (Å²) < 4.78 is 11.4. The number of benzene rings is 1. The lowest BCUT2D eigenvalue weighted by Crippen LogP contribution is -2.31. The van der Waals surface area contributed by atoms with Crippen LogP contribution in [-0.4, -0.2) is 25.2 Å². The van der Waals surface area contributed by atoms with Gasteiger partial charge in [-0.25, -0.2) is 0 Å². The van der Waals surface area contributed by atoms with E-state index in [-0.39, 0.29) is 5.91 Å². The lowest BCUT2D eigenvalue weighted by atomic mass is 10.1. The zero-order valence-electron chi connectivity index (χ0n) is 16.5. The van der Waals surface area contributed by atoms with Gasteiger partial charge in [-0.2, -0.15) is 5.26 Å². The number of nitrogens with zero attached hydrogens (tertiary/aromatic N) is 1. The van der Waals surface area contributed by atoms with Gasteiger partial charge < -0.3 is 20.1 Å². The maximum Gasteiger partial charge on any atom is 0.247 e. The summed E-state index contributed by atoms with van der Waals surface area (Å²) in [5.41, 5.74) is 2.57. The summed E-state index contributed by atoms with van der Waals surface area (Å²) in [4.78, 5) is 14.0. The summed E-state index contributed by atoms with van der Waals surface area (Å²) in [6, 6.07) is 7.44. The molecule has 1 aliphatic heterocycles. The SMILES string of the molecule is C[C@H](Nc1ccc2c(c1)OCCCO2)C(=O)Nc1sc2c(c1C#N)CCCCC2. The van der Waals surface area contributed by atoms with Gasteiger partial charge in [0.25, 0.3) is 0 Å². The molecule has 0 bridgehead atoms. The number of nitriles is 1. The second kappa shape index (κ2) is 8.75. The first-order valence-electron chi connectivity index (χ1n) is 10.2. The fraction of sp³-hybridized carbons (Fsp3) is 0.455. The van der Waals surface area contributed by atoms with E-state index in [1.165, 1.54) is 11.3 Å². The molecule has 0 saturated heterocycles. The van der Waals surface area contributed by atoms with Gasteiger partial charge in [0.1, 0.15) is 17.1 Å². The van der Waals surface area contributed by atoms with E-state index in [1.54, 1.807) is 11.3 Å². The number of aryl methyl sites for hydroxylation is 1. The third-order valence-corrected chi connectivity index (χ3v) is 6.50. The number of carbonyl (C=O) groups is 1. The lowest BCUT2D eigenvalue weighted by molar-refractivity contribution is -0.116. The molecule has 0 fully saturated rings. The van der Waals surface area contributed by atoms with Crippen LogP contribution >= 0.6 is 11.3 Å². The molecule has 7 heteroatoms. The van der Waals surface area contributed by atoms with Gasteiger partial charge in [-0.3, -0.25) is 4.79 Å². The molecule has 0 unspecified atom stereocenters. The van der Waals surface area contributed by atoms with E-state index in [0.29, 0.717) is 29.5 Å². The van der Waals surface area contributed by atoms with Crippen LogP contribution in [0.3, 0.4) is 0 Å². The van der Waals surface area contributed by atoms with E-state index in [0.717, 1.165) is 49.1 Å². The molecule has 1 amide bonds. The van der Waals surface area contributed by atoms with Crippen molar-refractivity contribution < 1.29 is 14.3 Å². The highest BCUT2D eigenvalue weighted by molar-refractivity contribution is 7.16. The molecule has 6 nitrogen and oxygen atoms in total. The van der Waals surface area contributed by atoms with Gasteiger partial charge in [0.15, 0.2) is 11.5 Å². The first-order chi connectivity index (χ1) is 14.2. The van der Waals surface area contributed by atoms with Crippen LogP contribution in [-0.2, 0) is 17.6 Å². The van der Waals surface area contributed by atoms with Crippen LogP contribution in [0.2, 0.25) is 0 Å². The highest BCUT2D eigenvalue weighted by atomic mass is 32.1. The molecule has 152 valence electrons. The summed E-state index contributed by atoms with van der Waals surface area (Å²) >= 11 is 1.55. The van der Waals surface area contributed by atoms with Crippen LogP contribution in [0.1, 0.15) is 48.6 Å².